The fourth-order valence-corrected chi connectivity index (χ4v) is 3.10. The van der Waals surface area contributed by atoms with Crippen LogP contribution in [0.4, 0.5) is 0 Å². The zero-order chi connectivity index (χ0) is 19.1. The Kier molecular flexibility index (Phi) is 4.82. The molecule has 1 heterocycles. The lowest BCUT2D eigenvalue weighted by molar-refractivity contribution is 0.00687. The predicted molar refractivity (Wildman–Crippen MR) is 105 cm³/mol. The van der Waals surface area contributed by atoms with Crippen LogP contribution in [0.15, 0.2) is 47.3 Å². The average Bonchev–Trinajstić information content (AvgIpc) is 2.52. The minimum atomic E-state index is -0.738. The number of halogens is 2. The number of ether oxygens (including phenoxy) is 1. The van der Waals surface area contributed by atoms with E-state index in [1.807, 2.05) is 0 Å². The van der Waals surface area contributed by atoms with Crippen molar-refractivity contribution in [2.24, 2.45) is 0 Å². The second-order valence-electron chi connectivity index (χ2n) is 6.91. The van der Waals surface area contributed by atoms with Crippen molar-refractivity contribution < 1.29 is 9.53 Å². The number of esters is 1. The van der Waals surface area contributed by atoms with Gasteiger partial charge in [-0.25, -0.2) is 4.79 Å². The number of hydrogen-bond acceptors (Lipinski definition) is 3. The molecule has 0 aliphatic carbocycles. The quantitative estimate of drug-likeness (QED) is 0.592. The minimum absolute atomic E-state index is 0.0723. The molecule has 134 valence electrons. The highest BCUT2D eigenvalue weighted by Gasteiger charge is 2.26. The Labute approximate surface area is 160 Å². The number of fused-ring (bicyclic) bond motifs is 1. The van der Waals surface area contributed by atoms with E-state index in [1.54, 1.807) is 63.2 Å². The first kappa shape index (κ1) is 18.5. The Bertz CT molecular complexity index is 1060. The molecule has 0 fully saturated rings. The maximum Gasteiger partial charge on any atom is 0.344 e. The lowest BCUT2D eigenvalue weighted by atomic mass is 9.96. The number of aromatic amines is 1. The molecule has 0 saturated carbocycles. The highest BCUT2D eigenvalue weighted by Crippen LogP contribution is 2.33. The monoisotopic (exact) mass is 389 g/mol. The molecule has 0 amide bonds. The van der Waals surface area contributed by atoms with Gasteiger partial charge in [-0.2, -0.15) is 0 Å². The van der Waals surface area contributed by atoms with Crippen LogP contribution in [0.25, 0.3) is 22.0 Å². The molecule has 1 aromatic heterocycles. The summed E-state index contributed by atoms with van der Waals surface area (Å²) in [4.78, 5) is 28.2. The summed E-state index contributed by atoms with van der Waals surface area (Å²) in [6.45, 7) is 5.24. The van der Waals surface area contributed by atoms with Gasteiger partial charge in [0.1, 0.15) is 11.2 Å². The fourth-order valence-electron chi connectivity index (χ4n) is 2.73. The largest absolute Gasteiger partial charge is 0.456 e. The molecule has 0 saturated heterocycles. The summed E-state index contributed by atoms with van der Waals surface area (Å²) in [7, 11) is 0. The number of nitrogens with one attached hydrogen (secondary N) is 1. The number of H-pyrrole nitrogens is 1. The number of carbonyl (C=O) groups is 1. The zero-order valence-electron chi connectivity index (χ0n) is 14.5. The number of aromatic nitrogens is 1. The van der Waals surface area contributed by atoms with E-state index in [0.29, 0.717) is 32.1 Å². The van der Waals surface area contributed by atoms with Gasteiger partial charge >= 0.3 is 5.97 Å². The molecule has 26 heavy (non-hydrogen) atoms. The van der Waals surface area contributed by atoms with Gasteiger partial charge in [0.15, 0.2) is 0 Å². The van der Waals surface area contributed by atoms with Crippen LogP contribution in [0, 0.1) is 0 Å². The molecule has 6 heteroatoms. The van der Waals surface area contributed by atoms with Crippen LogP contribution in [0.2, 0.25) is 10.0 Å². The Morgan fingerprint density at radius 1 is 1.04 bits per heavy atom. The summed E-state index contributed by atoms with van der Waals surface area (Å²) < 4.78 is 5.45. The second-order valence-corrected chi connectivity index (χ2v) is 7.78. The molecule has 3 aromatic rings. The summed E-state index contributed by atoms with van der Waals surface area (Å²) in [6.07, 6.45) is 0. The normalized spacial score (nSPS) is 11.6. The van der Waals surface area contributed by atoms with Crippen molar-refractivity contribution in [1.29, 1.82) is 0 Å². The standard InChI is InChI=1S/C20H17Cl2NO3/c1-20(2,3)26-19(25)17-16(11-5-4-6-12(21)9-11)14-10-13(22)7-8-15(14)23-18(17)24/h4-10H,1-3H3,(H,23,24). The van der Waals surface area contributed by atoms with Gasteiger partial charge in [0.2, 0.25) is 0 Å². The van der Waals surface area contributed by atoms with Gasteiger partial charge in [-0.15, -0.1) is 0 Å². The van der Waals surface area contributed by atoms with Crippen molar-refractivity contribution >= 4 is 40.1 Å². The van der Waals surface area contributed by atoms with Gasteiger partial charge in [-0.3, -0.25) is 4.79 Å². The highest BCUT2D eigenvalue weighted by molar-refractivity contribution is 6.32. The number of rotatable bonds is 2. The Morgan fingerprint density at radius 3 is 2.38 bits per heavy atom. The third-order valence-electron chi connectivity index (χ3n) is 3.69. The molecule has 0 aliphatic heterocycles. The SMILES string of the molecule is CC(C)(C)OC(=O)c1c(-c2cccc(Cl)c2)c2cc(Cl)ccc2[nH]c1=O. The first-order valence-corrected chi connectivity index (χ1v) is 8.76. The van der Waals surface area contributed by atoms with Crippen molar-refractivity contribution in [3.05, 3.63) is 68.4 Å². The van der Waals surface area contributed by atoms with E-state index in [2.05, 4.69) is 4.98 Å². The third kappa shape index (κ3) is 3.76. The van der Waals surface area contributed by atoms with E-state index < -0.39 is 17.1 Å². The van der Waals surface area contributed by atoms with E-state index in [9.17, 15) is 9.59 Å². The topological polar surface area (TPSA) is 59.2 Å². The van der Waals surface area contributed by atoms with Gasteiger partial charge in [0.05, 0.1) is 0 Å². The molecular formula is C20H17Cl2NO3. The van der Waals surface area contributed by atoms with Gasteiger partial charge < -0.3 is 9.72 Å². The number of benzene rings is 2. The Hall–Kier alpha value is -2.30. The molecule has 0 bridgehead atoms. The molecular weight excluding hydrogens is 373 g/mol. The number of pyridine rings is 1. The smallest absolute Gasteiger partial charge is 0.344 e. The molecule has 4 nitrogen and oxygen atoms in total. The van der Waals surface area contributed by atoms with Crippen molar-refractivity contribution in [2.45, 2.75) is 26.4 Å². The first-order valence-electron chi connectivity index (χ1n) is 8.00. The lowest BCUT2D eigenvalue weighted by Crippen LogP contribution is -2.29. The van der Waals surface area contributed by atoms with Gasteiger partial charge in [-0.05, 0) is 56.7 Å². The van der Waals surface area contributed by atoms with E-state index in [-0.39, 0.29) is 5.56 Å². The summed E-state index contributed by atoms with van der Waals surface area (Å²) in [6, 6.07) is 12.0. The zero-order valence-corrected chi connectivity index (χ0v) is 16.0. The van der Waals surface area contributed by atoms with Gasteiger partial charge in [-0.1, -0.05) is 35.3 Å². The van der Waals surface area contributed by atoms with Crippen molar-refractivity contribution in [3.8, 4) is 11.1 Å². The van der Waals surface area contributed by atoms with Crippen LogP contribution in [0.5, 0.6) is 0 Å². The first-order chi connectivity index (χ1) is 12.2. The summed E-state index contributed by atoms with van der Waals surface area (Å²) >= 11 is 12.3. The van der Waals surface area contributed by atoms with Crippen LogP contribution in [-0.4, -0.2) is 16.6 Å². The van der Waals surface area contributed by atoms with Crippen molar-refractivity contribution in [3.63, 3.8) is 0 Å². The van der Waals surface area contributed by atoms with E-state index >= 15 is 0 Å². The molecule has 1 N–H and O–H groups in total. The van der Waals surface area contributed by atoms with Crippen LogP contribution in [0.1, 0.15) is 31.1 Å². The molecule has 0 unspecified atom stereocenters. The fraction of sp³-hybridized carbons (Fsp3) is 0.200. The summed E-state index contributed by atoms with van der Waals surface area (Å²) in [5.41, 5.74) is 0.320. The Balaban J connectivity index is 2.39. The summed E-state index contributed by atoms with van der Waals surface area (Å²) in [5.74, 6) is -0.699. The second kappa shape index (κ2) is 6.78. The lowest BCUT2D eigenvalue weighted by Gasteiger charge is -2.21. The van der Waals surface area contributed by atoms with E-state index in [4.69, 9.17) is 27.9 Å². The average molecular weight is 390 g/mol. The molecule has 0 radical (unpaired) electrons. The number of hydrogen-bond donors (Lipinski definition) is 1. The molecule has 0 spiro atoms. The van der Waals surface area contributed by atoms with Crippen LogP contribution >= 0.6 is 23.2 Å². The minimum Gasteiger partial charge on any atom is -0.456 e. The van der Waals surface area contributed by atoms with E-state index in [0.717, 1.165) is 0 Å². The summed E-state index contributed by atoms with van der Waals surface area (Å²) in [5, 5.41) is 1.62. The van der Waals surface area contributed by atoms with Crippen LogP contribution in [-0.2, 0) is 4.74 Å². The van der Waals surface area contributed by atoms with Gasteiger partial charge in [0, 0.05) is 26.5 Å². The maximum absolute atomic E-state index is 12.8. The Morgan fingerprint density at radius 2 is 1.73 bits per heavy atom. The molecule has 3 rings (SSSR count). The third-order valence-corrected chi connectivity index (χ3v) is 4.16. The molecule has 0 aliphatic rings. The van der Waals surface area contributed by atoms with Crippen LogP contribution in [0.3, 0.4) is 0 Å². The van der Waals surface area contributed by atoms with Crippen LogP contribution < -0.4 is 5.56 Å². The number of carbonyl (C=O) groups excluding carboxylic acids is 1. The molecule has 2 aromatic carbocycles. The van der Waals surface area contributed by atoms with Crippen molar-refractivity contribution in [1.82, 2.24) is 4.98 Å². The maximum atomic E-state index is 12.8. The highest BCUT2D eigenvalue weighted by atomic mass is 35.5. The van der Waals surface area contributed by atoms with E-state index in [1.165, 1.54) is 0 Å². The molecule has 0 atom stereocenters. The van der Waals surface area contributed by atoms with Gasteiger partial charge in [0.25, 0.3) is 5.56 Å². The predicted octanol–water partition coefficient (Wildman–Crippen LogP) is 5.46. The van der Waals surface area contributed by atoms with Crippen molar-refractivity contribution in [2.75, 3.05) is 0 Å².